The Bertz CT molecular complexity index is 1260. The number of ether oxygens (including phenoxy) is 1. The highest BCUT2D eigenvalue weighted by atomic mass is 16.5. The topological polar surface area (TPSA) is 127 Å². The number of aromatic carboxylic acids is 2. The zero-order valence-electron chi connectivity index (χ0n) is 17.0. The van der Waals surface area contributed by atoms with Crippen molar-refractivity contribution in [3.63, 3.8) is 0 Å². The standard InChI is InChI=1S/C25H16N2O6/c28-14-33-20-8-5-15(6-9-20)19-11-22(16-1-3-17(4-2-16)24(29)30)27-23(12-19)18-7-10-21(25(31)32)26-13-18/h1-14H,(H,29,30)(H,31,32). The van der Waals surface area contributed by atoms with Crippen molar-refractivity contribution in [2.45, 2.75) is 0 Å². The van der Waals surface area contributed by atoms with Gasteiger partial charge >= 0.3 is 11.9 Å². The van der Waals surface area contributed by atoms with Crippen molar-refractivity contribution in [3.05, 3.63) is 90.3 Å². The van der Waals surface area contributed by atoms with Gasteiger partial charge in [0.2, 0.25) is 0 Å². The summed E-state index contributed by atoms with van der Waals surface area (Å²) in [5.41, 5.74) is 4.19. The molecule has 4 aromatic rings. The molecular formula is C25H16N2O6. The molecule has 4 rings (SSSR count). The number of carbonyl (C=O) groups excluding carboxylic acids is 1. The monoisotopic (exact) mass is 440 g/mol. The lowest BCUT2D eigenvalue weighted by molar-refractivity contribution is -0.120. The molecule has 0 bridgehead atoms. The lowest BCUT2D eigenvalue weighted by atomic mass is 10.00. The quantitative estimate of drug-likeness (QED) is 0.405. The van der Waals surface area contributed by atoms with Crippen LogP contribution < -0.4 is 4.74 Å². The second-order valence-electron chi connectivity index (χ2n) is 6.98. The number of rotatable bonds is 7. The number of benzene rings is 2. The Hall–Kier alpha value is -4.85. The van der Waals surface area contributed by atoms with Gasteiger partial charge in [0.1, 0.15) is 11.4 Å². The molecule has 0 unspecified atom stereocenters. The summed E-state index contributed by atoms with van der Waals surface area (Å²) in [6.07, 6.45) is 1.44. The SMILES string of the molecule is O=COc1ccc(-c2cc(-c3ccc(C(=O)O)cc3)nc(-c3ccc(C(=O)O)nc3)c2)cc1. The normalized spacial score (nSPS) is 10.4. The molecule has 0 aliphatic heterocycles. The summed E-state index contributed by atoms with van der Waals surface area (Å²) in [5.74, 6) is -1.74. The lowest BCUT2D eigenvalue weighted by Gasteiger charge is -2.11. The summed E-state index contributed by atoms with van der Waals surface area (Å²) in [6, 6.07) is 20.0. The highest BCUT2D eigenvalue weighted by Crippen LogP contribution is 2.31. The van der Waals surface area contributed by atoms with Crippen LogP contribution in [0.15, 0.2) is 79.0 Å². The number of carboxylic acid groups (broad SMARTS) is 2. The van der Waals surface area contributed by atoms with Crippen LogP contribution in [0, 0.1) is 0 Å². The summed E-state index contributed by atoms with van der Waals surface area (Å²) in [5, 5.41) is 18.3. The zero-order chi connectivity index (χ0) is 23.4. The summed E-state index contributed by atoms with van der Waals surface area (Å²) in [6.45, 7) is 0.353. The van der Waals surface area contributed by atoms with Crippen molar-refractivity contribution in [2.24, 2.45) is 0 Å². The predicted molar refractivity (Wildman–Crippen MR) is 119 cm³/mol. The summed E-state index contributed by atoms with van der Waals surface area (Å²) in [7, 11) is 0. The van der Waals surface area contributed by atoms with Crippen molar-refractivity contribution < 1.29 is 29.3 Å². The molecule has 2 aromatic heterocycles. The van der Waals surface area contributed by atoms with Crippen LogP contribution in [0.3, 0.4) is 0 Å². The van der Waals surface area contributed by atoms with Crippen molar-refractivity contribution in [2.75, 3.05) is 0 Å². The highest BCUT2D eigenvalue weighted by Gasteiger charge is 2.12. The van der Waals surface area contributed by atoms with Crippen LogP contribution in [0.25, 0.3) is 33.6 Å². The third-order valence-corrected chi connectivity index (χ3v) is 4.90. The minimum atomic E-state index is -1.12. The highest BCUT2D eigenvalue weighted by molar-refractivity contribution is 5.88. The minimum Gasteiger partial charge on any atom is -0.478 e. The van der Waals surface area contributed by atoms with Gasteiger partial charge in [-0.1, -0.05) is 24.3 Å². The summed E-state index contributed by atoms with van der Waals surface area (Å²) < 4.78 is 4.85. The molecule has 8 heteroatoms. The Morgan fingerprint density at radius 3 is 1.88 bits per heavy atom. The molecule has 0 atom stereocenters. The van der Waals surface area contributed by atoms with Gasteiger partial charge in [0.25, 0.3) is 6.47 Å². The van der Waals surface area contributed by atoms with Crippen molar-refractivity contribution >= 4 is 18.4 Å². The summed E-state index contributed by atoms with van der Waals surface area (Å²) >= 11 is 0. The number of pyridine rings is 2. The molecular weight excluding hydrogens is 424 g/mol. The molecule has 0 amide bonds. The number of carboxylic acids is 2. The Morgan fingerprint density at radius 1 is 0.727 bits per heavy atom. The van der Waals surface area contributed by atoms with Crippen LogP contribution >= 0.6 is 0 Å². The first-order valence-electron chi connectivity index (χ1n) is 9.71. The Kier molecular flexibility index (Phi) is 5.90. The maximum Gasteiger partial charge on any atom is 0.354 e. The van der Waals surface area contributed by atoms with E-state index in [2.05, 4.69) is 9.97 Å². The Balaban J connectivity index is 1.82. The average molecular weight is 440 g/mol. The van der Waals surface area contributed by atoms with Gasteiger partial charge in [-0.2, -0.15) is 0 Å². The Morgan fingerprint density at radius 2 is 1.33 bits per heavy atom. The molecule has 0 aliphatic rings. The fourth-order valence-electron chi connectivity index (χ4n) is 3.23. The van der Waals surface area contributed by atoms with Crippen LogP contribution in [0.4, 0.5) is 0 Å². The molecule has 2 aromatic carbocycles. The van der Waals surface area contributed by atoms with Crippen molar-refractivity contribution in [3.8, 4) is 39.4 Å². The minimum absolute atomic E-state index is 0.0786. The van der Waals surface area contributed by atoms with Gasteiger partial charge in [-0.25, -0.2) is 19.6 Å². The fraction of sp³-hybridized carbons (Fsp3) is 0. The number of nitrogens with zero attached hydrogens (tertiary/aromatic N) is 2. The van der Waals surface area contributed by atoms with Gasteiger partial charge in [0.15, 0.2) is 0 Å². The van der Waals surface area contributed by atoms with Crippen LogP contribution in [-0.2, 0) is 4.79 Å². The lowest BCUT2D eigenvalue weighted by Crippen LogP contribution is -2.00. The largest absolute Gasteiger partial charge is 0.478 e. The molecule has 162 valence electrons. The van der Waals surface area contributed by atoms with E-state index in [1.165, 1.54) is 24.4 Å². The third-order valence-electron chi connectivity index (χ3n) is 4.90. The average Bonchev–Trinajstić information content (AvgIpc) is 2.84. The first-order valence-corrected chi connectivity index (χ1v) is 9.71. The van der Waals surface area contributed by atoms with E-state index in [1.54, 1.807) is 42.5 Å². The van der Waals surface area contributed by atoms with Crippen LogP contribution in [-0.4, -0.2) is 38.6 Å². The predicted octanol–water partition coefficient (Wildman–Crippen LogP) is 4.41. The number of aromatic nitrogens is 2. The zero-order valence-corrected chi connectivity index (χ0v) is 17.0. The second kappa shape index (κ2) is 9.11. The van der Waals surface area contributed by atoms with E-state index in [0.717, 1.165) is 11.1 Å². The molecule has 0 spiro atoms. The van der Waals surface area contributed by atoms with Crippen LogP contribution in [0.5, 0.6) is 5.75 Å². The first kappa shape index (κ1) is 21.4. The van der Waals surface area contributed by atoms with Gasteiger partial charge < -0.3 is 14.9 Å². The van der Waals surface area contributed by atoms with E-state index in [4.69, 9.17) is 14.9 Å². The molecule has 0 radical (unpaired) electrons. The van der Waals surface area contributed by atoms with E-state index >= 15 is 0 Å². The van der Waals surface area contributed by atoms with E-state index in [0.29, 0.717) is 34.7 Å². The number of hydrogen-bond acceptors (Lipinski definition) is 6. The van der Waals surface area contributed by atoms with Crippen LogP contribution in [0.1, 0.15) is 20.8 Å². The second-order valence-corrected chi connectivity index (χ2v) is 6.98. The Labute approximate surface area is 187 Å². The summed E-state index contributed by atoms with van der Waals surface area (Å²) in [4.78, 5) is 41.5. The fourth-order valence-corrected chi connectivity index (χ4v) is 3.23. The molecule has 0 aliphatic carbocycles. The van der Waals surface area contributed by atoms with Gasteiger partial charge in [0, 0.05) is 17.3 Å². The third kappa shape index (κ3) is 4.75. The molecule has 8 nitrogen and oxygen atoms in total. The first-order chi connectivity index (χ1) is 15.9. The van der Waals surface area contributed by atoms with E-state index < -0.39 is 11.9 Å². The molecule has 2 heterocycles. The number of hydrogen-bond donors (Lipinski definition) is 2. The maximum absolute atomic E-state index is 11.2. The van der Waals surface area contributed by atoms with E-state index in [1.807, 2.05) is 12.1 Å². The molecule has 0 saturated heterocycles. The van der Waals surface area contributed by atoms with E-state index in [9.17, 15) is 14.4 Å². The molecule has 33 heavy (non-hydrogen) atoms. The van der Waals surface area contributed by atoms with Gasteiger partial charge in [-0.05, 0) is 59.7 Å². The van der Waals surface area contributed by atoms with Gasteiger partial charge in [0.05, 0.1) is 17.0 Å². The van der Waals surface area contributed by atoms with E-state index in [-0.39, 0.29) is 11.3 Å². The molecule has 2 N–H and O–H groups in total. The van der Waals surface area contributed by atoms with Crippen molar-refractivity contribution in [1.82, 2.24) is 9.97 Å². The van der Waals surface area contributed by atoms with Gasteiger partial charge in [-0.3, -0.25) is 4.79 Å². The smallest absolute Gasteiger partial charge is 0.354 e. The number of carbonyl (C=O) groups is 3. The van der Waals surface area contributed by atoms with Crippen LogP contribution in [0.2, 0.25) is 0 Å². The maximum atomic E-state index is 11.2. The van der Waals surface area contributed by atoms with Gasteiger partial charge in [-0.15, -0.1) is 0 Å². The molecule has 0 saturated carbocycles. The molecule has 0 fully saturated rings. The van der Waals surface area contributed by atoms with Crippen molar-refractivity contribution in [1.29, 1.82) is 0 Å².